The number of carbonyl (C=O) groups excluding carboxylic acids is 2. The summed E-state index contributed by atoms with van der Waals surface area (Å²) in [6.45, 7) is 0.730. The smallest absolute Gasteiger partial charge is 0.287 e. The van der Waals surface area contributed by atoms with Crippen molar-refractivity contribution in [1.29, 1.82) is 0 Å². The van der Waals surface area contributed by atoms with Crippen molar-refractivity contribution in [3.63, 3.8) is 0 Å². The second kappa shape index (κ2) is 8.35. The van der Waals surface area contributed by atoms with Gasteiger partial charge in [-0.05, 0) is 35.4 Å². The highest BCUT2D eigenvalue weighted by molar-refractivity contribution is 6.02. The minimum Gasteiger partial charge on any atom is -0.347 e. The Morgan fingerprint density at radius 1 is 0.793 bits per heavy atom. The van der Waals surface area contributed by atoms with Crippen LogP contribution in [-0.4, -0.2) is 26.2 Å². The van der Waals surface area contributed by atoms with Crippen LogP contribution in [0.25, 0.3) is 5.52 Å². The molecule has 0 aliphatic rings. The number of amides is 2. The van der Waals surface area contributed by atoms with Crippen LogP contribution in [0.1, 0.15) is 32.2 Å². The SMILES string of the molecule is O=C(NCc1ccncc1)c1nc(C(=O)NCc2ccccc2)n2ccccc12. The molecule has 2 N–H and O–H groups in total. The highest BCUT2D eigenvalue weighted by Gasteiger charge is 2.21. The molecule has 0 radical (unpaired) electrons. The first-order valence-corrected chi connectivity index (χ1v) is 9.18. The van der Waals surface area contributed by atoms with Crippen molar-refractivity contribution in [2.75, 3.05) is 0 Å². The number of rotatable bonds is 6. The number of hydrogen-bond donors (Lipinski definition) is 2. The lowest BCUT2D eigenvalue weighted by molar-refractivity contribution is 0.0939. The van der Waals surface area contributed by atoms with E-state index in [1.807, 2.05) is 48.5 Å². The van der Waals surface area contributed by atoms with Gasteiger partial charge in [-0.2, -0.15) is 0 Å². The molecule has 0 aliphatic heterocycles. The molecule has 0 saturated carbocycles. The van der Waals surface area contributed by atoms with E-state index >= 15 is 0 Å². The zero-order valence-electron chi connectivity index (χ0n) is 15.6. The van der Waals surface area contributed by atoms with E-state index in [2.05, 4.69) is 20.6 Å². The van der Waals surface area contributed by atoms with Crippen LogP contribution in [0.2, 0.25) is 0 Å². The highest BCUT2D eigenvalue weighted by Crippen LogP contribution is 2.14. The van der Waals surface area contributed by atoms with E-state index in [9.17, 15) is 9.59 Å². The number of pyridine rings is 2. The molecule has 0 saturated heterocycles. The summed E-state index contributed by atoms with van der Waals surface area (Å²) in [4.78, 5) is 33.7. The number of fused-ring (bicyclic) bond motifs is 1. The van der Waals surface area contributed by atoms with Crippen LogP contribution in [0, 0.1) is 0 Å². The zero-order valence-corrected chi connectivity index (χ0v) is 15.6. The number of hydrogen-bond acceptors (Lipinski definition) is 4. The third-order valence-electron chi connectivity index (χ3n) is 4.46. The molecule has 0 aliphatic carbocycles. The van der Waals surface area contributed by atoms with Gasteiger partial charge < -0.3 is 10.6 Å². The second-order valence-electron chi connectivity index (χ2n) is 6.45. The van der Waals surface area contributed by atoms with Crippen LogP contribution in [0.15, 0.2) is 79.3 Å². The first kappa shape index (κ1) is 18.4. The maximum Gasteiger partial charge on any atom is 0.287 e. The number of nitrogens with zero attached hydrogens (tertiary/aromatic N) is 3. The summed E-state index contributed by atoms with van der Waals surface area (Å²) in [5.74, 6) is -0.513. The summed E-state index contributed by atoms with van der Waals surface area (Å²) in [5.41, 5.74) is 2.70. The van der Waals surface area contributed by atoms with Gasteiger partial charge in [0.25, 0.3) is 11.8 Å². The van der Waals surface area contributed by atoms with E-state index in [-0.39, 0.29) is 23.3 Å². The average molecular weight is 385 g/mol. The quantitative estimate of drug-likeness (QED) is 0.534. The predicted octanol–water partition coefficient (Wildman–Crippen LogP) is 2.59. The van der Waals surface area contributed by atoms with Crippen molar-refractivity contribution in [2.45, 2.75) is 13.1 Å². The molecule has 7 heteroatoms. The largest absolute Gasteiger partial charge is 0.347 e. The molecule has 144 valence electrons. The normalized spacial score (nSPS) is 10.6. The Morgan fingerprint density at radius 2 is 1.45 bits per heavy atom. The number of imidazole rings is 1. The van der Waals surface area contributed by atoms with Gasteiger partial charge in [-0.1, -0.05) is 36.4 Å². The minimum atomic E-state index is -0.344. The molecule has 0 unspecified atom stereocenters. The molecule has 0 bridgehead atoms. The number of benzene rings is 1. The summed E-state index contributed by atoms with van der Waals surface area (Å²) in [6.07, 6.45) is 5.06. The molecule has 4 aromatic rings. The fourth-order valence-electron chi connectivity index (χ4n) is 2.99. The Balaban J connectivity index is 1.54. The third-order valence-corrected chi connectivity index (χ3v) is 4.46. The molecule has 29 heavy (non-hydrogen) atoms. The first-order chi connectivity index (χ1) is 14.2. The predicted molar refractivity (Wildman–Crippen MR) is 108 cm³/mol. The van der Waals surface area contributed by atoms with E-state index in [1.54, 1.807) is 35.1 Å². The van der Waals surface area contributed by atoms with Gasteiger partial charge in [-0.3, -0.25) is 19.0 Å². The fraction of sp³-hybridized carbons (Fsp3) is 0.0909. The maximum atomic E-state index is 12.7. The van der Waals surface area contributed by atoms with Crippen LogP contribution in [0.5, 0.6) is 0 Å². The Morgan fingerprint density at radius 3 is 2.21 bits per heavy atom. The molecule has 1 aromatic carbocycles. The van der Waals surface area contributed by atoms with Crippen molar-refractivity contribution in [1.82, 2.24) is 25.0 Å². The summed E-state index contributed by atoms with van der Waals surface area (Å²) < 4.78 is 1.63. The van der Waals surface area contributed by atoms with Crippen molar-refractivity contribution in [3.05, 3.63) is 102 Å². The Labute approximate surface area is 167 Å². The van der Waals surface area contributed by atoms with Gasteiger partial charge in [-0.25, -0.2) is 4.98 Å². The summed E-state index contributed by atoms with van der Waals surface area (Å²) >= 11 is 0. The van der Waals surface area contributed by atoms with Gasteiger partial charge in [0.05, 0.1) is 5.52 Å². The van der Waals surface area contributed by atoms with Gasteiger partial charge in [0, 0.05) is 31.7 Å². The molecule has 0 spiro atoms. The monoisotopic (exact) mass is 385 g/mol. The third kappa shape index (κ3) is 4.14. The fourth-order valence-corrected chi connectivity index (χ4v) is 2.99. The summed E-state index contributed by atoms with van der Waals surface area (Å²) in [7, 11) is 0. The Hall–Kier alpha value is -4.00. The topological polar surface area (TPSA) is 88.4 Å². The van der Waals surface area contributed by atoms with Crippen LogP contribution >= 0.6 is 0 Å². The minimum absolute atomic E-state index is 0.172. The molecule has 2 amide bonds. The lowest BCUT2D eigenvalue weighted by atomic mass is 10.2. The van der Waals surface area contributed by atoms with Gasteiger partial charge >= 0.3 is 0 Å². The highest BCUT2D eigenvalue weighted by atomic mass is 16.2. The Bertz CT molecular complexity index is 1050. The second-order valence-corrected chi connectivity index (χ2v) is 6.45. The van der Waals surface area contributed by atoms with E-state index in [0.29, 0.717) is 18.6 Å². The standard InChI is InChI=1S/C22H19N5O2/c28-21(24-15-17-9-11-23-12-10-17)19-18-8-4-5-13-27(18)20(26-19)22(29)25-14-16-6-2-1-3-7-16/h1-13H,14-15H2,(H,24,28)(H,25,29). The van der Waals surface area contributed by atoms with Crippen molar-refractivity contribution in [3.8, 4) is 0 Å². The van der Waals surface area contributed by atoms with Crippen LogP contribution in [0.3, 0.4) is 0 Å². The first-order valence-electron chi connectivity index (χ1n) is 9.18. The number of nitrogens with one attached hydrogen (secondary N) is 2. The van der Waals surface area contributed by atoms with Gasteiger partial charge in [0.1, 0.15) is 0 Å². The lowest BCUT2D eigenvalue weighted by Crippen LogP contribution is -2.26. The average Bonchev–Trinajstić information content (AvgIpc) is 3.17. The summed E-state index contributed by atoms with van der Waals surface area (Å²) in [5, 5.41) is 5.70. The van der Waals surface area contributed by atoms with Gasteiger partial charge in [0.15, 0.2) is 5.69 Å². The van der Waals surface area contributed by atoms with Crippen molar-refractivity contribution >= 4 is 17.3 Å². The van der Waals surface area contributed by atoms with Crippen LogP contribution < -0.4 is 10.6 Å². The molecule has 0 atom stereocenters. The molecule has 3 aromatic heterocycles. The van der Waals surface area contributed by atoms with Crippen molar-refractivity contribution in [2.24, 2.45) is 0 Å². The number of aromatic nitrogens is 3. The molecular weight excluding hydrogens is 366 g/mol. The van der Waals surface area contributed by atoms with E-state index < -0.39 is 0 Å². The van der Waals surface area contributed by atoms with Gasteiger partial charge in [0.2, 0.25) is 5.82 Å². The van der Waals surface area contributed by atoms with E-state index in [4.69, 9.17) is 0 Å². The molecule has 0 fully saturated rings. The van der Waals surface area contributed by atoms with E-state index in [1.165, 1.54) is 0 Å². The van der Waals surface area contributed by atoms with Gasteiger partial charge in [-0.15, -0.1) is 0 Å². The molecule has 7 nitrogen and oxygen atoms in total. The van der Waals surface area contributed by atoms with Crippen molar-refractivity contribution < 1.29 is 9.59 Å². The zero-order chi connectivity index (χ0) is 20.1. The van der Waals surface area contributed by atoms with Crippen LogP contribution in [-0.2, 0) is 13.1 Å². The van der Waals surface area contributed by atoms with Crippen LogP contribution in [0.4, 0.5) is 0 Å². The summed E-state index contributed by atoms with van der Waals surface area (Å²) in [6, 6.07) is 18.6. The maximum absolute atomic E-state index is 12.7. The Kier molecular flexibility index (Phi) is 5.29. The molecule has 3 heterocycles. The molecular formula is C22H19N5O2. The number of carbonyl (C=O) groups is 2. The van der Waals surface area contributed by atoms with E-state index in [0.717, 1.165) is 11.1 Å². The molecule has 4 rings (SSSR count). The lowest BCUT2D eigenvalue weighted by Gasteiger charge is -2.04.